The van der Waals surface area contributed by atoms with Crippen LogP contribution in [0.1, 0.15) is 49.4 Å². The van der Waals surface area contributed by atoms with Crippen molar-refractivity contribution in [3.8, 4) is 22.5 Å². The van der Waals surface area contributed by atoms with Gasteiger partial charge in [0.25, 0.3) is 0 Å². The third-order valence-corrected chi connectivity index (χ3v) is 15.5. The first-order chi connectivity index (χ1) is 33.8. The summed E-state index contributed by atoms with van der Waals surface area (Å²) in [6, 6.07) is 75.2. The number of allylic oxidation sites excluding steroid dienone is 1. The van der Waals surface area contributed by atoms with Crippen LogP contribution in [0.15, 0.2) is 200 Å². The summed E-state index contributed by atoms with van der Waals surface area (Å²) in [6.07, 6.45) is 4.51. The molecule has 3 nitrogen and oxygen atoms in total. The predicted molar refractivity (Wildman–Crippen MR) is 294 cm³/mol. The van der Waals surface area contributed by atoms with Crippen LogP contribution in [0.3, 0.4) is 0 Å². The maximum Gasteiger partial charge on any atom is 0.0620 e. The van der Waals surface area contributed by atoms with Gasteiger partial charge in [0.2, 0.25) is 0 Å². The number of hydrogen-bond acceptors (Lipinski definition) is 0. The molecule has 4 aromatic heterocycles. The Morgan fingerprint density at radius 3 is 1.54 bits per heavy atom. The molecule has 0 spiro atoms. The van der Waals surface area contributed by atoms with E-state index in [1.54, 1.807) is 0 Å². The highest BCUT2D eigenvalue weighted by atomic mass is 15.0. The number of nitrogens with zero attached hydrogens (tertiary/aromatic N) is 3. The summed E-state index contributed by atoms with van der Waals surface area (Å²) in [5.74, 6) is 0. The van der Waals surface area contributed by atoms with Gasteiger partial charge in [0.1, 0.15) is 0 Å². The zero-order valence-electron chi connectivity index (χ0n) is 38.9. The Labute approximate surface area is 399 Å². The molecule has 0 atom stereocenters. The summed E-state index contributed by atoms with van der Waals surface area (Å²) in [5, 5.41) is 13.0. The van der Waals surface area contributed by atoms with Crippen LogP contribution in [-0.2, 0) is 11.8 Å². The van der Waals surface area contributed by atoms with Crippen LogP contribution < -0.4 is 0 Å². The molecule has 15 rings (SSSR count). The van der Waals surface area contributed by atoms with Gasteiger partial charge in [-0.15, -0.1) is 0 Å². The number of aromatic nitrogens is 3. The maximum absolute atomic E-state index is 2.59. The van der Waals surface area contributed by atoms with Crippen LogP contribution in [0.2, 0.25) is 0 Å². The molecule has 0 amide bonds. The highest BCUT2D eigenvalue weighted by Gasteiger charge is 2.25. The van der Waals surface area contributed by atoms with E-state index in [-0.39, 0.29) is 5.41 Å². The van der Waals surface area contributed by atoms with Crippen molar-refractivity contribution in [2.45, 2.75) is 39.0 Å². The van der Waals surface area contributed by atoms with E-state index < -0.39 is 0 Å². The van der Waals surface area contributed by atoms with E-state index in [2.05, 4.69) is 241 Å². The summed E-state index contributed by atoms with van der Waals surface area (Å²) >= 11 is 0. The van der Waals surface area contributed by atoms with E-state index in [4.69, 9.17) is 0 Å². The Morgan fingerprint density at radius 2 is 0.884 bits per heavy atom. The van der Waals surface area contributed by atoms with Crippen molar-refractivity contribution in [2.24, 2.45) is 0 Å². The second-order valence-electron chi connectivity index (χ2n) is 20.5. The third kappa shape index (κ3) is 5.62. The molecule has 0 saturated carbocycles. The van der Waals surface area contributed by atoms with Gasteiger partial charge in [-0.25, -0.2) is 0 Å². The van der Waals surface area contributed by atoms with Crippen LogP contribution in [0.5, 0.6) is 0 Å². The Kier molecular flexibility index (Phi) is 7.89. The van der Waals surface area contributed by atoms with Gasteiger partial charge in [0.05, 0.1) is 38.6 Å². The first kappa shape index (κ1) is 38.7. The SMILES string of the molecule is CC(C)(C)c1cc2c3cc4c(cc3n3c5cc6cc(-c7ccc8c(c7)c7ccccc7n8-c7ccccc7)ccc6cc5c(c1)c23)C=C(c1ccc2c(c1)c1ccccc1n2-c1ccccc1)CC4. The maximum atomic E-state index is 2.59. The molecule has 1 aliphatic carbocycles. The Bertz CT molecular complexity index is 4490. The van der Waals surface area contributed by atoms with Crippen molar-refractivity contribution in [2.75, 3.05) is 0 Å². The average Bonchev–Trinajstić information content (AvgIpc) is 4.10. The van der Waals surface area contributed by atoms with Gasteiger partial charge in [-0.05, 0) is 171 Å². The van der Waals surface area contributed by atoms with E-state index in [0.717, 1.165) is 12.8 Å². The lowest BCUT2D eigenvalue weighted by Crippen LogP contribution is -2.10. The van der Waals surface area contributed by atoms with Crippen LogP contribution in [0.25, 0.3) is 127 Å². The molecule has 1 aliphatic rings. The molecule has 10 aromatic carbocycles. The van der Waals surface area contributed by atoms with Crippen LogP contribution >= 0.6 is 0 Å². The second kappa shape index (κ2) is 14.1. The van der Waals surface area contributed by atoms with Gasteiger partial charge in [-0.3, -0.25) is 0 Å². The molecule has 0 N–H and O–H groups in total. The predicted octanol–water partition coefficient (Wildman–Crippen LogP) is 17.6. The van der Waals surface area contributed by atoms with Crippen molar-refractivity contribution in [1.82, 2.24) is 13.5 Å². The second-order valence-corrected chi connectivity index (χ2v) is 20.5. The van der Waals surface area contributed by atoms with Gasteiger partial charge in [-0.2, -0.15) is 0 Å². The lowest BCUT2D eigenvalue weighted by molar-refractivity contribution is 0.592. The zero-order chi connectivity index (χ0) is 45.7. The molecule has 0 saturated heterocycles. The molecule has 0 radical (unpaired) electrons. The molecular weight excluding hydrogens is 835 g/mol. The molecule has 0 unspecified atom stereocenters. The molecule has 14 aromatic rings. The minimum atomic E-state index is 0.00245. The molecule has 326 valence electrons. The average molecular weight is 882 g/mol. The Hall–Kier alpha value is -8.40. The Morgan fingerprint density at radius 1 is 0.362 bits per heavy atom. The van der Waals surface area contributed by atoms with E-state index in [0.29, 0.717) is 0 Å². The van der Waals surface area contributed by atoms with Gasteiger partial charge >= 0.3 is 0 Å². The van der Waals surface area contributed by atoms with Gasteiger partial charge in [-0.1, -0.05) is 124 Å². The molecular formula is C66H47N3. The topological polar surface area (TPSA) is 14.3 Å². The highest BCUT2D eigenvalue weighted by Crippen LogP contribution is 2.46. The zero-order valence-corrected chi connectivity index (χ0v) is 38.9. The van der Waals surface area contributed by atoms with E-state index in [1.807, 2.05) is 0 Å². The summed E-state index contributed by atoms with van der Waals surface area (Å²) < 4.78 is 7.39. The fourth-order valence-corrected chi connectivity index (χ4v) is 12.1. The number of aryl methyl sites for hydroxylation is 1. The molecule has 69 heavy (non-hydrogen) atoms. The summed E-state index contributed by atoms with van der Waals surface area (Å²) in [4.78, 5) is 0. The monoisotopic (exact) mass is 881 g/mol. The molecule has 0 bridgehead atoms. The van der Waals surface area contributed by atoms with Gasteiger partial charge < -0.3 is 13.5 Å². The molecule has 0 fully saturated rings. The lowest BCUT2D eigenvalue weighted by atomic mass is 9.84. The number of para-hydroxylation sites is 4. The Balaban J connectivity index is 0.902. The quantitative estimate of drug-likeness (QED) is 0.167. The normalized spacial score (nSPS) is 13.4. The van der Waals surface area contributed by atoms with Crippen molar-refractivity contribution >= 4 is 104 Å². The fraction of sp³-hybridized carbons (Fsp3) is 0.0909. The number of hydrogen-bond donors (Lipinski definition) is 0. The van der Waals surface area contributed by atoms with Crippen LogP contribution in [0, 0.1) is 0 Å². The van der Waals surface area contributed by atoms with E-state index in [9.17, 15) is 0 Å². The first-order valence-corrected chi connectivity index (χ1v) is 24.5. The smallest absolute Gasteiger partial charge is 0.0620 e. The van der Waals surface area contributed by atoms with Crippen molar-refractivity contribution in [3.63, 3.8) is 0 Å². The fourth-order valence-electron chi connectivity index (χ4n) is 12.1. The standard InChI is InChI=1S/C66H47N3/c1-66(2,3)48-38-57-55-34-44-24-22-40(42-26-28-61-53(32-42)51-18-10-12-20-59(51)67(61)49-14-6-4-7-15-49)30-46(44)36-63(55)69-64-37-47-31-41(23-25-45(47)35-56(64)58(39-48)65(57)69)43-27-29-62-54(33-43)52-19-11-13-21-60(52)68(62)50-16-8-5-9-17-50/h4-22,24,26-39H,23,25H2,1-3H3. The minimum Gasteiger partial charge on any atom is -0.309 e. The van der Waals surface area contributed by atoms with Crippen molar-refractivity contribution in [3.05, 3.63) is 222 Å². The van der Waals surface area contributed by atoms with E-state index in [1.165, 1.54) is 143 Å². The van der Waals surface area contributed by atoms with Crippen LogP contribution in [-0.4, -0.2) is 13.5 Å². The van der Waals surface area contributed by atoms with E-state index >= 15 is 0 Å². The third-order valence-electron chi connectivity index (χ3n) is 15.5. The lowest BCUT2D eigenvalue weighted by Gasteiger charge is -2.20. The molecule has 3 heteroatoms. The van der Waals surface area contributed by atoms with Crippen LogP contribution in [0.4, 0.5) is 0 Å². The molecule has 0 aliphatic heterocycles. The molecule has 4 heterocycles. The van der Waals surface area contributed by atoms with Crippen molar-refractivity contribution < 1.29 is 0 Å². The first-order valence-electron chi connectivity index (χ1n) is 24.5. The highest BCUT2D eigenvalue weighted by molar-refractivity contribution is 6.25. The number of fused-ring (bicyclic) bond motifs is 14. The summed E-state index contributed by atoms with van der Waals surface area (Å²) in [5.41, 5.74) is 20.5. The largest absolute Gasteiger partial charge is 0.309 e. The number of benzene rings is 10. The minimum absolute atomic E-state index is 0.00245. The summed E-state index contributed by atoms with van der Waals surface area (Å²) in [6.45, 7) is 7.04. The van der Waals surface area contributed by atoms with Gasteiger partial charge in [0, 0.05) is 54.5 Å². The number of rotatable bonds is 4. The summed E-state index contributed by atoms with van der Waals surface area (Å²) in [7, 11) is 0. The van der Waals surface area contributed by atoms with Crippen molar-refractivity contribution in [1.29, 1.82) is 0 Å². The van der Waals surface area contributed by atoms with Gasteiger partial charge in [0.15, 0.2) is 0 Å².